The van der Waals surface area contributed by atoms with Gasteiger partial charge in [0.25, 0.3) is 0 Å². The van der Waals surface area contributed by atoms with E-state index < -0.39 is 6.61 Å². The molecule has 1 aliphatic rings. The highest BCUT2D eigenvalue weighted by Crippen LogP contribution is 2.37. The van der Waals surface area contributed by atoms with Crippen molar-refractivity contribution in [3.05, 3.63) is 66.2 Å². The number of pyridine rings is 1. The molecule has 1 aromatic carbocycles. The number of carbonyl (C=O) groups excluding carboxylic acids is 1. The first-order valence-corrected chi connectivity index (χ1v) is 11.9. The number of aliphatic hydroxyl groups excluding tert-OH is 1. The van der Waals surface area contributed by atoms with Crippen LogP contribution in [0.5, 0.6) is 0 Å². The number of hydrogen-bond acceptors (Lipinski definition) is 7. The van der Waals surface area contributed by atoms with Gasteiger partial charge >= 0.3 is 0 Å². The number of nitriles is 2. The van der Waals surface area contributed by atoms with Crippen molar-refractivity contribution in [1.82, 2.24) is 24.3 Å². The molecule has 3 aromatic heterocycles. The lowest BCUT2D eigenvalue weighted by Crippen LogP contribution is -2.40. The zero-order valence-corrected chi connectivity index (χ0v) is 19.5. The molecule has 35 heavy (non-hydrogen) atoms. The van der Waals surface area contributed by atoms with Crippen molar-refractivity contribution in [2.75, 3.05) is 19.7 Å². The first-order chi connectivity index (χ1) is 17.1. The van der Waals surface area contributed by atoms with Crippen molar-refractivity contribution in [1.29, 1.82) is 10.5 Å². The maximum absolute atomic E-state index is 11.7. The molecule has 0 radical (unpaired) electrons. The quantitative estimate of drug-likeness (QED) is 0.462. The van der Waals surface area contributed by atoms with Gasteiger partial charge in [0, 0.05) is 46.4 Å². The number of aliphatic hydroxyl groups is 1. The van der Waals surface area contributed by atoms with Crippen LogP contribution in [0.4, 0.5) is 0 Å². The number of amides is 1. The lowest BCUT2D eigenvalue weighted by molar-refractivity contribution is -0.135. The standard InChI is InChI=1S/C25H21N7O2S/c26-10-17-3-1-2-4-22(17)35-23-9-18(14-32-25(23)19(11-27)12-29-32)20-13-28-31(15-20)21-5-7-30(8-6-21)24(34)16-33/h1-4,9,12-15,21,33H,5-8,16H2. The Morgan fingerprint density at radius 2 is 1.80 bits per heavy atom. The number of rotatable bonds is 5. The average molecular weight is 484 g/mol. The predicted molar refractivity (Wildman–Crippen MR) is 128 cm³/mol. The molecular formula is C25H21N7O2S. The number of likely N-dealkylation sites (tertiary alicyclic amines) is 1. The highest BCUT2D eigenvalue weighted by Gasteiger charge is 2.24. The fourth-order valence-corrected chi connectivity index (χ4v) is 5.43. The topological polar surface area (TPSA) is 123 Å². The molecular weight excluding hydrogens is 462 g/mol. The van der Waals surface area contributed by atoms with E-state index >= 15 is 0 Å². The Morgan fingerprint density at radius 1 is 1.03 bits per heavy atom. The van der Waals surface area contributed by atoms with Crippen LogP contribution >= 0.6 is 11.8 Å². The molecule has 0 spiro atoms. The number of nitrogens with zero attached hydrogens (tertiary/aromatic N) is 7. The molecule has 1 saturated heterocycles. The van der Waals surface area contributed by atoms with Crippen molar-refractivity contribution < 1.29 is 9.90 Å². The number of piperidine rings is 1. The fourth-order valence-electron chi connectivity index (χ4n) is 4.33. The second-order valence-corrected chi connectivity index (χ2v) is 9.33. The molecule has 4 heterocycles. The summed E-state index contributed by atoms with van der Waals surface area (Å²) in [5.74, 6) is -0.239. The van der Waals surface area contributed by atoms with Crippen molar-refractivity contribution in [2.45, 2.75) is 28.7 Å². The summed E-state index contributed by atoms with van der Waals surface area (Å²) in [6.45, 7) is 0.724. The molecule has 0 atom stereocenters. The Morgan fingerprint density at radius 3 is 2.54 bits per heavy atom. The summed E-state index contributed by atoms with van der Waals surface area (Å²) in [4.78, 5) is 15.0. The number of carbonyl (C=O) groups is 1. The SMILES string of the molecule is N#Cc1ccccc1Sc1cc(-c2cnn(C3CCN(C(=O)CO)CC3)c2)cn2ncc(C#N)c12. The average Bonchev–Trinajstić information content (AvgIpc) is 3.56. The van der Waals surface area contributed by atoms with E-state index in [4.69, 9.17) is 5.11 Å². The van der Waals surface area contributed by atoms with E-state index in [2.05, 4.69) is 22.3 Å². The fraction of sp³-hybridized carbons (Fsp3) is 0.240. The summed E-state index contributed by atoms with van der Waals surface area (Å²) in [5, 5.41) is 37.2. The molecule has 174 valence electrons. The minimum Gasteiger partial charge on any atom is -0.387 e. The summed E-state index contributed by atoms with van der Waals surface area (Å²) in [5.41, 5.74) is 3.53. The summed E-state index contributed by atoms with van der Waals surface area (Å²) in [6.07, 6.45) is 8.75. The van der Waals surface area contributed by atoms with Crippen molar-refractivity contribution in [2.24, 2.45) is 0 Å². The van der Waals surface area contributed by atoms with Gasteiger partial charge in [-0.1, -0.05) is 23.9 Å². The van der Waals surface area contributed by atoms with Crippen molar-refractivity contribution in [3.8, 4) is 23.3 Å². The third-order valence-electron chi connectivity index (χ3n) is 6.19. The summed E-state index contributed by atoms with van der Waals surface area (Å²) < 4.78 is 3.63. The van der Waals surface area contributed by atoms with E-state index in [-0.39, 0.29) is 11.9 Å². The van der Waals surface area contributed by atoms with Crippen LogP contribution in [0, 0.1) is 22.7 Å². The smallest absolute Gasteiger partial charge is 0.248 e. The second-order valence-electron chi connectivity index (χ2n) is 8.25. The Bertz CT molecular complexity index is 1490. The molecule has 10 heteroatoms. The van der Waals surface area contributed by atoms with E-state index in [9.17, 15) is 15.3 Å². The van der Waals surface area contributed by atoms with Crippen molar-refractivity contribution in [3.63, 3.8) is 0 Å². The summed E-state index contributed by atoms with van der Waals surface area (Å²) >= 11 is 1.43. The molecule has 1 amide bonds. The van der Waals surface area contributed by atoms with Crippen LogP contribution in [0.25, 0.3) is 16.6 Å². The highest BCUT2D eigenvalue weighted by atomic mass is 32.2. The van der Waals surface area contributed by atoms with Crippen molar-refractivity contribution >= 4 is 23.2 Å². The van der Waals surface area contributed by atoms with Gasteiger partial charge in [-0.15, -0.1) is 0 Å². The molecule has 1 N–H and O–H groups in total. The van der Waals surface area contributed by atoms with Gasteiger partial charge < -0.3 is 10.0 Å². The number of benzene rings is 1. The van der Waals surface area contributed by atoms with Crippen LogP contribution < -0.4 is 0 Å². The van der Waals surface area contributed by atoms with E-state index in [1.54, 1.807) is 27.9 Å². The van der Waals surface area contributed by atoms with E-state index in [1.165, 1.54) is 11.8 Å². The minimum atomic E-state index is -0.459. The highest BCUT2D eigenvalue weighted by molar-refractivity contribution is 7.99. The molecule has 1 fully saturated rings. The maximum atomic E-state index is 11.7. The Hall–Kier alpha value is -4.12. The first kappa shape index (κ1) is 22.7. The van der Waals surface area contributed by atoms with Gasteiger partial charge in [-0.2, -0.15) is 20.7 Å². The van der Waals surface area contributed by atoms with Gasteiger partial charge in [0.1, 0.15) is 18.7 Å². The Kier molecular flexibility index (Phi) is 6.23. The Labute approximate surface area is 205 Å². The van der Waals surface area contributed by atoms with Crippen LogP contribution in [0.15, 0.2) is 64.9 Å². The maximum Gasteiger partial charge on any atom is 0.248 e. The molecule has 5 rings (SSSR count). The van der Waals surface area contributed by atoms with Crippen LogP contribution in [0.3, 0.4) is 0 Å². The van der Waals surface area contributed by atoms with Gasteiger partial charge in [0.15, 0.2) is 0 Å². The molecule has 0 aliphatic carbocycles. The third kappa shape index (κ3) is 4.37. The largest absolute Gasteiger partial charge is 0.387 e. The molecule has 4 aromatic rings. The van der Waals surface area contributed by atoms with Crippen LogP contribution in [-0.2, 0) is 4.79 Å². The molecule has 0 saturated carbocycles. The van der Waals surface area contributed by atoms with Crippen LogP contribution in [0.1, 0.15) is 30.0 Å². The second kappa shape index (κ2) is 9.63. The van der Waals surface area contributed by atoms with Gasteiger partial charge in [0.2, 0.25) is 5.91 Å². The van der Waals surface area contributed by atoms with Gasteiger partial charge in [-0.25, -0.2) is 4.52 Å². The molecule has 1 aliphatic heterocycles. The van der Waals surface area contributed by atoms with Gasteiger partial charge in [-0.3, -0.25) is 9.48 Å². The van der Waals surface area contributed by atoms with Gasteiger partial charge in [-0.05, 0) is 31.0 Å². The predicted octanol–water partition coefficient (Wildman–Crippen LogP) is 3.25. The molecule has 0 bridgehead atoms. The Balaban J connectivity index is 1.47. The van der Waals surface area contributed by atoms with Crippen LogP contribution in [-0.4, -0.2) is 55.0 Å². The van der Waals surface area contributed by atoms with Gasteiger partial charge in [0.05, 0.1) is 35.1 Å². The lowest BCUT2D eigenvalue weighted by Gasteiger charge is -2.31. The van der Waals surface area contributed by atoms with E-state index in [1.807, 2.05) is 41.3 Å². The van der Waals surface area contributed by atoms with E-state index in [0.29, 0.717) is 29.7 Å². The normalized spacial score (nSPS) is 14.1. The third-order valence-corrected chi connectivity index (χ3v) is 7.29. The van der Waals surface area contributed by atoms with Crippen LogP contribution in [0.2, 0.25) is 0 Å². The number of aromatic nitrogens is 4. The summed E-state index contributed by atoms with van der Waals surface area (Å²) in [7, 11) is 0. The zero-order chi connectivity index (χ0) is 24.4. The molecule has 9 nitrogen and oxygen atoms in total. The lowest BCUT2D eigenvalue weighted by atomic mass is 10.1. The number of fused-ring (bicyclic) bond motifs is 1. The summed E-state index contributed by atoms with van der Waals surface area (Å²) in [6, 6.07) is 14.0. The molecule has 0 unspecified atom stereocenters. The number of hydrogen-bond donors (Lipinski definition) is 1. The minimum absolute atomic E-state index is 0.168. The first-order valence-electron chi connectivity index (χ1n) is 11.1. The van der Waals surface area contributed by atoms with E-state index in [0.717, 1.165) is 33.8 Å². The monoisotopic (exact) mass is 483 g/mol. The zero-order valence-electron chi connectivity index (χ0n) is 18.7.